The van der Waals surface area contributed by atoms with Crippen LogP contribution in [0.25, 0.3) is 6.08 Å². The largest absolute Gasteiger partial charge is 0.493 e. The Hall–Kier alpha value is -2.98. The molecule has 0 radical (unpaired) electrons. The fraction of sp³-hybridized carbons (Fsp3) is 0.200. The molecule has 0 saturated carbocycles. The van der Waals surface area contributed by atoms with Crippen molar-refractivity contribution in [3.05, 3.63) is 52.0 Å². The normalized spacial score (nSPS) is 10.7. The third-order valence-corrected chi connectivity index (χ3v) is 4.29. The topological polar surface area (TPSA) is 80.6 Å². The Balaban J connectivity index is 2.34. The lowest BCUT2D eigenvalue weighted by molar-refractivity contribution is -0.112. The van der Waals surface area contributed by atoms with Gasteiger partial charge in [0.15, 0.2) is 11.5 Å². The predicted octanol–water partition coefficient (Wildman–Crippen LogP) is 4.41. The van der Waals surface area contributed by atoms with Gasteiger partial charge in [-0.15, -0.1) is 0 Å². The van der Waals surface area contributed by atoms with Crippen LogP contribution in [0.1, 0.15) is 12.5 Å². The number of halogens is 1. The van der Waals surface area contributed by atoms with Gasteiger partial charge in [-0.3, -0.25) is 4.79 Å². The SMILES string of the molecule is CCOc1ccccc1NC(=O)/C(C#N)=C/c1cc(OC)c(OC)cc1Br. The highest BCUT2D eigenvalue weighted by Crippen LogP contribution is 2.34. The van der Waals surface area contributed by atoms with Crippen LogP contribution in [0, 0.1) is 11.3 Å². The summed E-state index contributed by atoms with van der Waals surface area (Å²) in [4.78, 5) is 12.6. The maximum absolute atomic E-state index is 12.6. The van der Waals surface area contributed by atoms with E-state index in [1.165, 1.54) is 20.3 Å². The Labute approximate surface area is 166 Å². The number of amides is 1. The summed E-state index contributed by atoms with van der Waals surface area (Å²) in [5, 5.41) is 12.2. The van der Waals surface area contributed by atoms with Crippen molar-refractivity contribution in [2.24, 2.45) is 0 Å². The lowest BCUT2D eigenvalue weighted by Gasteiger charge is -2.12. The van der Waals surface area contributed by atoms with Crippen LogP contribution in [0.5, 0.6) is 17.2 Å². The molecule has 0 bridgehead atoms. The molecule has 0 aliphatic heterocycles. The first-order chi connectivity index (χ1) is 13.0. The number of methoxy groups -OCH3 is 2. The fourth-order valence-electron chi connectivity index (χ4n) is 2.33. The smallest absolute Gasteiger partial charge is 0.266 e. The minimum Gasteiger partial charge on any atom is -0.493 e. The molecule has 2 aromatic rings. The zero-order chi connectivity index (χ0) is 19.8. The van der Waals surface area contributed by atoms with Gasteiger partial charge >= 0.3 is 0 Å². The molecule has 0 atom stereocenters. The number of nitrogens with zero attached hydrogens (tertiary/aromatic N) is 1. The molecule has 27 heavy (non-hydrogen) atoms. The van der Waals surface area contributed by atoms with E-state index in [1.54, 1.807) is 30.3 Å². The van der Waals surface area contributed by atoms with E-state index in [-0.39, 0.29) is 5.57 Å². The van der Waals surface area contributed by atoms with Crippen molar-refractivity contribution in [3.63, 3.8) is 0 Å². The number of hydrogen-bond acceptors (Lipinski definition) is 5. The first kappa shape index (κ1) is 20.3. The van der Waals surface area contributed by atoms with Gasteiger partial charge in [0.25, 0.3) is 5.91 Å². The van der Waals surface area contributed by atoms with Crippen molar-refractivity contribution < 1.29 is 19.0 Å². The lowest BCUT2D eigenvalue weighted by atomic mass is 10.1. The Bertz CT molecular complexity index is 903. The number of rotatable bonds is 7. The van der Waals surface area contributed by atoms with Gasteiger partial charge in [-0.1, -0.05) is 28.1 Å². The maximum atomic E-state index is 12.6. The Morgan fingerprint density at radius 3 is 2.48 bits per heavy atom. The van der Waals surface area contributed by atoms with Crippen molar-refractivity contribution >= 4 is 33.6 Å². The first-order valence-corrected chi connectivity index (χ1v) is 8.89. The molecule has 0 aliphatic carbocycles. The molecule has 0 spiro atoms. The van der Waals surface area contributed by atoms with Gasteiger partial charge in [-0.05, 0) is 42.8 Å². The summed E-state index contributed by atoms with van der Waals surface area (Å²) in [6.45, 7) is 2.32. The van der Waals surface area contributed by atoms with Crippen molar-refractivity contribution in [2.45, 2.75) is 6.92 Å². The van der Waals surface area contributed by atoms with E-state index in [0.29, 0.717) is 39.6 Å². The first-order valence-electron chi connectivity index (χ1n) is 8.10. The molecule has 6 nitrogen and oxygen atoms in total. The summed E-state index contributed by atoms with van der Waals surface area (Å²) >= 11 is 3.42. The molecule has 1 N–H and O–H groups in total. The second-order valence-electron chi connectivity index (χ2n) is 5.28. The zero-order valence-corrected chi connectivity index (χ0v) is 16.8. The lowest BCUT2D eigenvalue weighted by Crippen LogP contribution is -2.14. The highest BCUT2D eigenvalue weighted by Gasteiger charge is 2.15. The van der Waals surface area contributed by atoms with Gasteiger partial charge in [-0.2, -0.15) is 5.26 Å². The van der Waals surface area contributed by atoms with Crippen LogP contribution in [0.2, 0.25) is 0 Å². The molecule has 7 heteroatoms. The summed E-state index contributed by atoms with van der Waals surface area (Å²) in [5.74, 6) is 1.03. The monoisotopic (exact) mass is 430 g/mol. The molecule has 0 fully saturated rings. The van der Waals surface area contributed by atoms with Crippen LogP contribution >= 0.6 is 15.9 Å². The highest BCUT2D eigenvalue weighted by atomic mass is 79.9. The number of carbonyl (C=O) groups is 1. The van der Waals surface area contributed by atoms with E-state index in [0.717, 1.165) is 0 Å². The van der Waals surface area contributed by atoms with Crippen LogP contribution in [0.4, 0.5) is 5.69 Å². The molecule has 2 aromatic carbocycles. The van der Waals surface area contributed by atoms with E-state index in [9.17, 15) is 10.1 Å². The average Bonchev–Trinajstić information content (AvgIpc) is 2.68. The van der Waals surface area contributed by atoms with Crippen LogP contribution in [0.3, 0.4) is 0 Å². The van der Waals surface area contributed by atoms with Crippen molar-refractivity contribution in [2.75, 3.05) is 26.1 Å². The van der Waals surface area contributed by atoms with Crippen LogP contribution in [-0.2, 0) is 4.79 Å². The molecule has 0 saturated heterocycles. The number of carbonyl (C=O) groups excluding carboxylic acids is 1. The van der Waals surface area contributed by atoms with Gasteiger partial charge in [0, 0.05) is 4.47 Å². The molecule has 0 unspecified atom stereocenters. The summed E-state index contributed by atoms with van der Waals surface area (Å²) < 4.78 is 16.7. The average molecular weight is 431 g/mol. The second-order valence-corrected chi connectivity index (χ2v) is 6.14. The summed E-state index contributed by atoms with van der Waals surface area (Å²) in [6.07, 6.45) is 1.48. The van der Waals surface area contributed by atoms with Gasteiger partial charge < -0.3 is 19.5 Å². The minimum atomic E-state index is -0.536. The molecule has 0 aromatic heterocycles. The summed E-state index contributed by atoms with van der Waals surface area (Å²) in [7, 11) is 3.05. The standard InChI is InChI=1S/C20H19BrN2O4/c1-4-27-17-8-6-5-7-16(17)23-20(24)14(12-22)9-13-10-18(25-2)19(26-3)11-15(13)21/h5-11H,4H2,1-3H3,(H,23,24)/b14-9+. The zero-order valence-electron chi connectivity index (χ0n) is 15.2. The molecule has 140 valence electrons. The summed E-state index contributed by atoms with van der Waals surface area (Å²) in [5.41, 5.74) is 1.04. The number of benzene rings is 2. The Kier molecular flexibility index (Phi) is 7.26. The minimum absolute atomic E-state index is 0.0609. The molecular formula is C20H19BrN2O4. The van der Waals surface area contributed by atoms with Crippen LogP contribution in [-0.4, -0.2) is 26.7 Å². The van der Waals surface area contributed by atoms with Gasteiger partial charge in [-0.25, -0.2) is 0 Å². The number of nitriles is 1. The third kappa shape index (κ3) is 5.02. The third-order valence-electron chi connectivity index (χ3n) is 3.60. The molecular weight excluding hydrogens is 412 g/mol. The Morgan fingerprint density at radius 2 is 1.85 bits per heavy atom. The number of ether oxygens (including phenoxy) is 3. The van der Waals surface area contributed by atoms with E-state index >= 15 is 0 Å². The Morgan fingerprint density at radius 1 is 1.19 bits per heavy atom. The highest BCUT2D eigenvalue weighted by molar-refractivity contribution is 9.10. The maximum Gasteiger partial charge on any atom is 0.266 e. The van der Waals surface area contributed by atoms with E-state index < -0.39 is 5.91 Å². The molecule has 0 heterocycles. The predicted molar refractivity (Wildman–Crippen MR) is 107 cm³/mol. The molecule has 0 aliphatic rings. The number of para-hydroxylation sites is 2. The van der Waals surface area contributed by atoms with Gasteiger partial charge in [0.05, 0.1) is 26.5 Å². The quantitative estimate of drug-likeness (QED) is 0.519. The van der Waals surface area contributed by atoms with Crippen LogP contribution < -0.4 is 19.5 Å². The molecule has 1 amide bonds. The molecule has 2 rings (SSSR count). The van der Waals surface area contributed by atoms with Gasteiger partial charge in [0.2, 0.25) is 0 Å². The van der Waals surface area contributed by atoms with E-state index in [4.69, 9.17) is 14.2 Å². The summed E-state index contributed by atoms with van der Waals surface area (Å²) in [6, 6.07) is 12.4. The van der Waals surface area contributed by atoms with Crippen molar-refractivity contribution in [1.29, 1.82) is 5.26 Å². The van der Waals surface area contributed by atoms with Crippen LogP contribution in [0.15, 0.2) is 46.4 Å². The van der Waals surface area contributed by atoms with E-state index in [1.807, 2.05) is 19.1 Å². The van der Waals surface area contributed by atoms with Crippen molar-refractivity contribution in [1.82, 2.24) is 0 Å². The number of anilines is 1. The fourth-order valence-corrected chi connectivity index (χ4v) is 2.76. The van der Waals surface area contributed by atoms with E-state index in [2.05, 4.69) is 21.2 Å². The second kappa shape index (κ2) is 9.64. The number of hydrogen-bond donors (Lipinski definition) is 1. The van der Waals surface area contributed by atoms with Crippen molar-refractivity contribution in [3.8, 4) is 23.3 Å². The number of nitrogens with one attached hydrogen (secondary N) is 1. The van der Waals surface area contributed by atoms with Gasteiger partial charge in [0.1, 0.15) is 17.4 Å².